The highest BCUT2D eigenvalue weighted by Gasteiger charge is 2.19. The molecule has 0 saturated heterocycles. The van der Waals surface area contributed by atoms with Gasteiger partial charge in [0.25, 0.3) is 5.69 Å². The lowest BCUT2D eigenvalue weighted by Crippen LogP contribution is -2.37. The summed E-state index contributed by atoms with van der Waals surface area (Å²) in [5.41, 5.74) is 2.32. The molecule has 0 N–H and O–H groups in total. The van der Waals surface area contributed by atoms with E-state index in [4.69, 9.17) is 0 Å². The van der Waals surface area contributed by atoms with E-state index in [9.17, 15) is 14.9 Å². The minimum absolute atomic E-state index is 0.0851. The first-order chi connectivity index (χ1) is 9.47. The molecule has 0 spiro atoms. The maximum absolute atomic E-state index is 11.7. The van der Waals surface area contributed by atoms with Gasteiger partial charge in [0.1, 0.15) is 0 Å². The summed E-state index contributed by atoms with van der Waals surface area (Å²) in [6.07, 6.45) is 1.58. The van der Waals surface area contributed by atoms with Crippen LogP contribution in [0.25, 0.3) is 0 Å². The Morgan fingerprint density at radius 3 is 2.55 bits per heavy atom. The van der Waals surface area contributed by atoms with Crippen molar-refractivity contribution in [3.05, 3.63) is 39.4 Å². The largest absolute Gasteiger partial charge is 0.348 e. The topological polar surface area (TPSA) is 66.7 Å². The lowest BCUT2D eigenvalue weighted by atomic mass is 10.0. The highest BCUT2D eigenvalue weighted by Crippen LogP contribution is 2.21. The highest BCUT2D eigenvalue weighted by atomic mass is 16.6. The van der Waals surface area contributed by atoms with Gasteiger partial charge >= 0.3 is 0 Å². The van der Waals surface area contributed by atoms with Crippen LogP contribution in [0.5, 0.6) is 0 Å². The highest BCUT2D eigenvalue weighted by molar-refractivity contribution is 5.77. The third-order valence-corrected chi connectivity index (χ3v) is 3.65. The molecule has 6 heteroatoms. The van der Waals surface area contributed by atoms with Crippen molar-refractivity contribution in [2.45, 2.75) is 12.8 Å². The van der Waals surface area contributed by atoms with Gasteiger partial charge in [-0.15, -0.1) is 0 Å². The summed E-state index contributed by atoms with van der Waals surface area (Å²) in [6, 6.07) is 5.05. The predicted molar refractivity (Wildman–Crippen MR) is 75.6 cm³/mol. The van der Waals surface area contributed by atoms with Crippen LogP contribution >= 0.6 is 0 Å². The van der Waals surface area contributed by atoms with Gasteiger partial charge in [0, 0.05) is 39.3 Å². The second-order valence-electron chi connectivity index (χ2n) is 5.27. The van der Waals surface area contributed by atoms with E-state index in [0.29, 0.717) is 6.54 Å². The number of amides is 1. The van der Waals surface area contributed by atoms with Crippen LogP contribution in [-0.4, -0.2) is 54.4 Å². The number of carbonyl (C=O) groups is 1. The van der Waals surface area contributed by atoms with Crippen LogP contribution in [0, 0.1) is 10.1 Å². The number of likely N-dealkylation sites (N-methyl/N-ethyl adjacent to an activating group) is 1. The van der Waals surface area contributed by atoms with Crippen LogP contribution in [0.15, 0.2) is 18.2 Å². The fourth-order valence-electron chi connectivity index (χ4n) is 2.36. The Morgan fingerprint density at radius 1 is 1.30 bits per heavy atom. The predicted octanol–water partition coefficient (Wildman–Crippen LogP) is 1.08. The Balaban J connectivity index is 2.07. The quantitative estimate of drug-likeness (QED) is 0.612. The van der Waals surface area contributed by atoms with Crippen LogP contribution in [0.1, 0.15) is 11.1 Å². The molecule has 0 aliphatic carbocycles. The van der Waals surface area contributed by atoms with Crippen LogP contribution in [0.2, 0.25) is 0 Å². The van der Waals surface area contributed by atoms with Gasteiger partial charge in [-0.2, -0.15) is 0 Å². The normalized spacial score (nSPS) is 15.3. The molecule has 1 aromatic rings. The SMILES string of the molecule is CN(C)C(=O)CN1CCc2ccc([N+](=O)[O-])cc2CC1. The molecule has 6 nitrogen and oxygen atoms in total. The van der Waals surface area contributed by atoms with Gasteiger partial charge in [-0.1, -0.05) is 6.07 Å². The van der Waals surface area contributed by atoms with Crippen molar-refractivity contribution in [1.29, 1.82) is 0 Å². The number of fused-ring (bicyclic) bond motifs is 1. The molecule has 1 aromatic carbocycles. The second kappa shape index (κ2) is 6.00. The van der Waals surface area contributed by atoms with Crippen molar-refractivity contribution in [3.8, 4) is 0 Å². The molecule has 0 fully saturated rings. The number of rotatable bonds is 3. The van der Waals surface area contributed by atoms with Crippen molar-refractivity contribution < 1.29 is 9.72 Å². The number of benzene rings is 1. The maximum atomic E-state index is 11.7. The number of non-ortho nitro benzene ring substituents is 1. The third-order valence-electron chi connectivity index (χ3n) is 3.65. The summed E-state index contributed by atoms with van der Waals surface area (Å²) < 4.78 is 0. The van der Waals surface area contributed by atoms with Crippen molar-refractivity contribution in [1.82, 2.24) is 9.80 Å². The van der Waals surface area contributed by atoms with Crippen LogP contribution in [0.4, 0.5) is 5.69 Å². The minimum Gasteiger partial charge on any atom is -0.348 e. The molecule has 0 aromatic heterocycles. The Bertz CT molecular complexity index is 528. The fraction of sp³-hybridized carbons (Fsp3) is 0.500. The fourth-order valence-corrected chi connectivity index (χ4v) is 2.36. The Morgan fingerprint density at radius 2 is 1.95 bits per heavy atom. The van der Waals surface area contributed by atoms with Gasteiger partial charge in [0.15, 0.2) is 0 Å². The number of carbonyl (C=O) groups excluding carboxylic acids is 1. The number of nitro groups is 1. The zero-order valence-corrected chi connectivity index (χ0v) is 11.8. The first-order valence-corrected chi connectivity index (χ1v) is 6.66. The number of nitrogens with zero attached hydrogens (tertiary/aromatic N) is 3. The van der Waals surface area contributed by atoms with Gasteiger partial charge in [0.05, 0.1) is 11.5 Å². The standard InChI is InChI=1S/C14H19N3O3/c1-15(2)14(18)10-16-7-5-11-3-4-13(17(19)20)9-12(11)6-8-16/h3-4,9H,5-8,10H2,1-2H3. The van der Waals surface area contributed by atoms with Crippen molar-refractivity contribution in [3.63, 3.8) is 0 Å². The summed E-state index contributed by atoms with van der Waals surface area (Å²) in [5, 5.41) is 10.8. The number of hydrogen-bond donors (Lipinski definition) is 0. The lowest BCUT2D eigenvalue weighted by molar-refractivity contribution is -0.384. The summed E-state index contributed by atoms with van der Waals surface area (Å²) >= 11 is 0. The van der Waals surface area contributed by atoms with Gasteiger partial charge in [-0.3, -0.25) is 19.8 Å². The molecule has 2 rings (SSSR count). The third kappa shape index (κ3) is 3.33. The summed E-state index contributed by atoms with van der Waals surface area (Å²) in [5.74, 6) is 0.0851. The van der Waals surface area contributed by atoms with E-state index in [2.05, 4.69) is 4.90 Å². The van der Waals surface area contributed by atoms with Gasteiger partial charge in [-0.25, -0.2) is 0 Å². The summed E-state index contributed by atoms with van der Waals surface area (Å²) in [4.78, 5) is 25.9. The van der Waals surface area contributed by atoms with Crippen LogP contribution in [-0.2, 0) is 17.6 Å². The molecular weight excluding hydrogens is 258 g/mol. The number of nitro benzene ring substituents is 1. The molecule has 1 heterocycles. The first-order valence-electron chi connectivity index (χ1n) is 6.66. The van der Waals surface area contributed by atoms with Crippen molar-refractivity contribution >= 4 is 11.6 Å². The van der Waals surface area contributed by atoms with E-state index >= 15 is 0 Å². The van der Waals surface area contributed by atoms with Crippen LogP contribution < -0.4 is 0 Å². The number of hydrogen-bond acceptors (Lipinski definition) is 4. The van der Waals surface area contributed by atoms with E-state index in [1.807, 2.05) is 6.07 Å². The lowest BCUT2D eigenvalue weighted by Gasteiger charge is -2.21. The van der Waals surface area contributed by atoms with Gasteiger partial charge in [0.2, 0.25) is 5.91 Å². The second-order valence-corrected chi connectivity index (χ2v) is 5.27. The van der Waals surface area contributed by atoms with E-state index in [0.717, 1.165) is 37.1 Å². The molecule has 1 aliphatic rings. The molecule has 1 amide bonds. The van der Waals surface area contributed by atoms with Crippen molar-refractivity contribution in [2.24, 2.45) is 0 Å². The van der Waals surface area contributed by atoms with Gasteiger partial charge in [-0.05, 0) is 24.0 Å². The Kier molecular flexibility index (Phi) is 4.34. The molecule has 0 radical (unpaired) electrons. The summed E-state index contributed by atoms with van der Waals surface area (Å²) in [7, 11) is 3.50. The molecule has 108 valence electrons. The van der Waals surface area contributed by atoms with Crippen LogP contribution in [0.3, 0.4) is 0 Å². The minimum atomic E-state index is -0.363. The Labute approximate surface area is 118 Å². The molecule has 0 unspecified atom stereocenters. The van der Waals surface area contributed by atoms with E-state index in [-0.39, 0.29) is 16.5 Å². The molecule has 0 atom stereocenters. The van der Waals surface area contributed by atoms with Crippen molar-refractivity contribution in [2.75, 3.05) is 33.7 Å². The first kappa shape index (κ1) is 14.5. The molecular formula is C14H19N3O3. The zero-order chi connectivity index (χ0) is 14.7. The molecule has 1 aliphatic heterocycles. The van der Waals surface area contributed by atoms with E-state index in [1.165, 1.54) is 0 Å². The average molecular weight is 277 g/mol. The summed E-state index contributed by atoms with van der Waals surface area (Å²) in [6.45, 7) is 1.97. The smallest absolute Gasteiger partial charge is 0.269 e. The Hall–Kier alpha value is -1.95. The van der Waals surface area contributed by atoms with Gasteiger partial charge < -0.3 is 4.90 Å². The van der Waals surface area contributed by atoms with E-state index < -0.39 is 0 Å². The zero-order valence-electron chi connectivity index (χ0n) is 11.8. The molecule has 0 bridgehead atoms. The molecule has 0 saturated carbocycles. The monoisotopic (exact) mass is 277 g/mol. The average Bonchev–Trinajstić information content (AvgIpc) is 2.60. The molecule has 20 heavy (non-hydrogen) atoms. The van der Waals surface area contributed by atoms with E-state index in [1.54, 1.807) is 31.1 Å². The maximum Gasteiger partial charge on any atom is 0.269 e.